The maximum absolute atomic E-state index is 9.50. The molecule has 9 nitrogen and oxygen atoms in total. The molecule has 0 radical (unpaired) electrons. The molecule has 0 spiro atoms. The van der Waals surface area contributed by atoms with E-state index in [1.165, 1.54) is 116 Å². The molecule has 41 heavy (non-hydrogen) atoms. The summed E-state index contributed by atoms with van der Waals surface area (Å²) < 4.78 is 0. The van der Waals surface area contributed by atoms with Gasteiger partial charge in [-0.15, -0.1) is 0 Å². The number of unbranched alkanes of at least 4 members (excludes halogenated alkanes) is 18. The van der Waals surface area contributed by atoms with E-state index in [1.807, 2.05) is 0 Å². The maximum Gasteiger partial charge on any atom is 0.693 e. The molecule has 0 saturated heterocycles. The monoisotopic (exact) mass is 607 g/mol. The fourth-order valence-electron chi connectivity index (χ4n) is 5.75. The standard InChI is InChI=1S/C30H65P.CHN3O6/c1-5-9-13-17-18-19-20-21-22-26-30-31(27-23-14-10-6-2,28-24-15-11-7-3)29-25-16-12-8-4;5-2(6)1(3(7)8)4(9)10/h31H,5-30H2,1-4H3;1H. The number of hydrogen-bond acceptors (Lipinski definition) is 6. The molecule has 0 aromatic heterocycles. The molecule has 0 aromatic rings. The first kappa shape index (κ1) is 41.8. The second kappa shape index (κ2) is 30.1. The first-order chi connectivity index (χ1) is 19.7. The Balaban J connectivity index is 0. The summed E-state index contributed by atoms with van der Waals surface area (Å²) in [5, 5.41) is 28.5. The molecule has 246 valence electrons. The number of rotatable bonds is 29. The van der Waals surface area contributed by atoms with Crippen LogP contribution in [0.5, 0.6) is 0 Å². The predicted octanol–water partition coefficient (Wildman–Crippen LogP) is 10.5. The molecule has 0 unspecified atom stereocenters. The number of hydrogen-bond donors (Lipinski definition) is 0. The Morgan fingerprint density at radius 1 is 0.390 bits per heavy atom. The van der Waals surface area contributed by atoms with E-state index >= 15 is 0 Å². The van der Waals surface area contributed by atoms with Gasteiger partial charge in [0.15, 0.2) is 14.8 Å². The normalized spacial score (nSPS) is 11.7. The van der Waals surface area contributed by atoms with E-state index in [-0.39, 0.29) is 0 Å². The van der Waals surface area contributed by atoms with Crippen LogP contribution < -0.4 is 0 Å². The van der Waals surface area contributed by atoms with Crippen LogP contribution in [0.15, 0.2) is 0 Å². The van der Waals surface area contributed by atoms with E-state index < -0.39 is 28.3 Å². The second-order valence-electron chi connectivity index (χ2n) is 12.1. The third-order valence-electron chi connectivity index (χ3n) is 8.31. The van der Waals surface area contributed by atoms with Crippen molar-refractivity contribution in [2.45, 2.75) is 175 Å². The van der Waals surface area contributed by atoms with Gasteiger partial charge in [-0.3, -0.25) is 30.3 Å². The average molecular weight is 608 g/mol. The van der Waals surface area contributed by atoms with Crippen LogP contribution in [0.2, 0.25) is 0 Å². The third kappa shape index (κ3) is 26.0. The van der Waals surface area contributed by atoms with Crippen LogP contribution in [0, 0.1) is 30.3 Å². The molecule has 10 heteroatoms. The van der Waals surface area contributed by atoms with E-state index in [0.29, 0.717) is 0 Å². The Bertz CT molecular complexity index is 574. The van der Waals surface area contributed by atoms with Gasteiger partial charge in [-0.1, -0.05) is 0 Å². The largest absolute Gasteiger partial charge is 0.693 e. The summed E-state index contributed by atoms with van der Waals surface area (Å²) >= 11 is 0. The Hall–Kier alpha value is -1.37. The van der Waals surface area contributed by atoms with Crippen LogP contribution in [-0.2, 0) is 0 Å². The Morgan fingerprint density at radius 2 is 0.585 bits per heavy atom. The van der Waals surface area contributed by atoms with Crippen LogP contribution in [-0.4, -0.2) is 45.7 Å². The van der Waals surface area contributed by atoms with Gasteiger partial charge >= 0.3 is 207 Å². The Labute approximate surface area is 252 Å². The van der Waals surface area contributed by atoms with Gasteiger partial charge in [0.05, 0.1) is 0 Å². The maximum atomic E-state index is 9.50. The molecule has 0 amide bonds. The molecule has 0 fully saturated rings. The van der Waals surface area contributed by atoms with Crippen LogP contribution >= 0.6 is 7.26 Å². The van der Waals surface area contributed by atoms with Crippen molar-refractivity contribution in [2.24, 2.45) is 0 Å². The van der Waals surface area contributed by atoms with E-state index in [1.54, 1.807) is 50.3 Å². The molecule has 0 saturated carbocycles. The predicted molar refractivity (Wildman–Crippen MR) is 177 cm³/mol. The summed E-state index contributed by atoms with van der Waals surface area (Å²) in [6.45, 7) is 9.42. The van der Waals surface area contributed by atoms with Crippen molar-refractivity contribution in [2.75, 3.05) is 24.6 Å². The number of nitro groups is 3. The van der Waals surface area contributed by atoms with Gasteiger partial charge in [0.1, 0.15) is 0 Å². The van der Waals surface area contributed by atoms with Crippen LogP contribution in [0.3, 0.4) is 0 Å². The van der Waals surface area contributed by atoms with Crippen molar-refractivity contribution < 1.29 is 14.8 Å². The molecular weight excluding hydrogens is 541 g/mol. The van der Waals surface area contributed by atoms with Crippen LogP contribution in [0.4, 0.5) is 0 Å². The minimum absolute atomic E-state index is 1.04. The molecular formula is C31H66N3O6P. The van der Waals surface area contributed by atoms with Crippen molar-refractivity contribution in [3.63, 3.8) is 0 Å². The minimum atomic E-state index is -2.94. The van der Waals surface area contributed by atoms with Crippen molar-refractivity contribution in [1.29, 1.82) is 0 Å². The molecule has 0 aliphatic rings. The Kier molecular flexibility index (Phi) is 30.7. The zero-order valence-corrected chi connectivity index (χ0v) is 28.3. The Morgan fingerprint density at radius 3 is 0.780 bits per heavy atom. The summed E-state index contributed by atoms with van der Waals surface area (Å²) in [6, 6.07) is 0. The topological polar surface area (TPSA) is 129 Å². The molecule has 0 aliphatic carbocycles. The van der Waals surface area contributed by atoms with Gasteiger partial charge in [0.2, 0.25) is 0 Å². The molecule has 0 heterocycles. The first-order valence-electron chi connectivity index (χ1n) is 17.1. The summed E-state index contributed by atoms with van der Waals surface area (Å²) in [4.78, 5) is 23.8. The molecule has 0 rings (SSSR count). The fourth-order valence-corrected chi connectivity index (χ4v) is 11.2. The molecule has 0 bridgehead atoms. The van der Waals surface area contributed by atoms with Gasteiger partial charge in [-0.05, 0) is 0 Å². The summed E-state index contributed by atoms with van der Waals surface area (Å²) in [6.07, 6.45) is 36.4. The summed E-state index contributed by atoms with van der Waals surface area (Å²) in [7, 11) is -1.04. The van der Waals surface area contributed by atoms with Crippen LogP contribution in [0.1, 0.15) is 169 Å². The summed E-state index contributed by atoms with van der Waals surface area (Å²) in [5.41, 5.74) is 0. The summed E-state index contributed by atoms with van der Waals surface area (Å²) in [5.74, 6) is 0. The smallest absolute Gasteiger partial charge is 0.253 e. The zero-order valence-electron chi connectivity index (χ0n) is 27.3. The molecule has 0 aromatic carbocycles. The van der Waals surface area contributed by atoms with E-state index in [2.05, 4.69) is 27.7 Å². The third-order valence-corrected chi connectivity index (χ3v) is 14.0. The zero-order chi connectivity index (χ0) is 31.2. The quantitative estimate of drug-likeness (QED) is 0.0273. The first-order valence-corrected chi connectivity index (χ1v) is 19.9. The minimum Gasteiger partial charge on any atom is -0.253 e. The van der Waals surface area contributed by atoms with Gasteiger partial charge in [-0.2, -0.15) is 0 Å². The SMILES string of the molecule is CCCCCCCCCCCC[PH](CCCCCC)(CCCCCC)CCCCCC.O=[N+]([O-])C([N+](=O)[O-])[N+](=O)[O-]. The average Bonchev–Trinajstić information content (AvgIpc) is 2.92. The van der Waals surface area contributed by atoms with Crippen molar-refractivity contribution in [3.8, 4) is 0 Å². The number of nitrogens with zero attached hydrogens (tertiary/aromatic N) is 3. The van der Waals surface area contributed by atoms with Crippen molar-refractivity contribution >= 4 is 7.26 Å². The van der Waals surface area contributed by atoms with E-state index in [0.717, 1.165) is 0 Å². The fraction of sp³-hybridized carbons (Fsp3) is 1.00. The van der Waals surface area contributed by atoms with Crippen LogP contribution in [0.25, 0.3) is 0 Å². The van der Waals surface area contributed by atoms with Gasteiger partial charge in [-0.25, -0.2) is 0 Å². The van der Waals surface area contributed by atoms with Gasteiger partial charge in [0.25, 0.3) is 0 Å². The molecule has 0 aliphatic heterocycles. The van der Waals surface area contributed by atoms with E-state index in [4.69, 9.17) is 0 Å². The van der Waals surface area contributed by atoms with Gasteiger partial charge in [0, 0.05) is 0 Å². The van der Waals surface area contributed by atoms with E-state index in [9.17, 15) is 30.3 Å². The molecule has 0 atom stereocenters. The molecule has 0 N–H and O–H groups in total. The van der Waals surface area contributed by atoms with Gasteiger partial charge < -0.3 is 0 Å². The van der Waals surface area contributed by atoms with Crippen molar-refractivity contribution in [3.05, 3.63) is 30.3 Å². The van der Waals surface area contributed by atoms with Crippen molar-refractivity contribution in [1.82, 2.24) is 0 Å². The second-order valence-corrected chi connectivity index (χ2v) is 17.1.